The summed E-state index contributed by atoms with van der Waals surface area (Å²) in [6.45, 7) is 1.86. The van der Waals surface area contributed by atoms with Gasteiger partial charge in [-0.15, -0.1) is 0 Å². The summed E-state index contributed by atoms with van der Waals surface area (Å²) < 4.78 is 52.0. The van der Waals surface area contributed by atoms with Crippen molar-refractivity contribution in [1.82, 2.24) is 4.90 Å². The summed E-state index contributed by atoms with van der Waals surface area (Å²) in [5.41, 5.74) is 4.23. The maximum atomic E-state index is 14.7. The summed E-state index contributed by atoms with van der Waals surface area (Å²) in [7, 11) is 0. The minimum atomic E-state index is -1.47. The van der Waals surface area contributed by atoms with Crippen LogP contribution in [0.15, 0.2) is 42.5 Å². The van der Waals surface area contributed by atoms with Crippen LogP contribution in [0.25, 0.3) is 0 Å². The number of nitrogens with zero attached hydrogens (tertiary/aromatic N) is 1. The van der Waals surface area contributed by atoms with Crippen LogP contribution < -0.4 is 5.73 Å². The van der Waals surface area contributed by atoms with E-state index >= 15 is 0 Å². The second-order valence-corrected chi connectivity index (χ2v) is 7.43. The van der Waals surface area contributed by atoms with E-state index < -0.39 is 41.3 Å². The molecule has 6 nitrogen and oxygen atoms in total. The molecule has 9 heteroatoms. The van der Waals surface area contributed by atoms with E-state index in [1.165, 1.54) is 23.1 Å². The number of primary amides is 1. The van der Waals surface area contributed by atoms with E-state index in [4.69, 9.17) is 15.2 Å². The van der Waals surface area contributed by atoms with Gasteiger partial charge in [0.25, 0.3) is 0 Å². The summed E-state index contributed by atoms with van der Waals surface area (Å²) >= 11 is 0. The number of halogens is 3. The van der Waals surface area contributed by atoms with Crippen LogP contribution in [-0.4, -0.2) is 30.2 Å². The maximum absolute atomic E-state index is 14.7. The first-order chi connectivity index (χ1) is 14.7. The second kappa shape index (κ2) is 9.28. The van der Waals surface area contributed by atoms with Crippen molar-refractivity contribution in [1.29, 1.82) is 0 Å². The lowest BCUT2D eigenvalue weighted by Crippen LogP contribution is -2.39. The van der Waals surface area contributed by atoms with Crippen molar-refractivity contribution in [2.45, 2.75) is 37.8 Å². The fraction of sp³-hybridized carbons (Fsp3) is 0.364. The Morgan fingerprint density at radius 3 is 2.52 bits per heavy atom. The van der Waals surface area contributed by atoms with Crippen LogP contribution in [0.4, 0.5) is 22.8 Å². The van der Waals surface area contributed by atoms with Crippen molar-refractivity contribution < 1.29 is 32.2 Å². The quantitative estimate of drug-likeness (QED) is 0.707. The molecule has 0 saturated carbocycles. The number of carbonyl (C=O) groups is 2. The molecular formula is C22H23F3N2O4. The van der Waals surface area contributed by atoms with Crippen LogP contribution in [0.1, 0.15) is 43.4 Å². The molecule has 2 atom stereocenters. The fourth-order valence-corrected chi connectivity index (χ4v) is 3.85. The van der Waals surface area contributed by atoms with Crippen LogP contribution >= 0.6 is 0 Å². The van der Waals surface area contributed by atoms with Gasteiger partial charge in [0.15, 0.2) is 0 Å². The Balaban J connectivity index is 1.90. The Morgan fingerprint density at radius 1 is 1.19 bits per heavy atom. The van der Waals surface area contributed by atoms with Gasteiger partial charge in [-0.25, -0.2) is 22.8 Å². The topological polar surface area (TPSA) is 81.9 Å². The molecule has 1 fully saturated rings. The molecule has 0 aliphatic carbocycles. The zero-order valence-corrected chi connectivity index (χ0v) is 16.9. The van der Waals surface area contributed by atoms with Crippen molar-refractivity contribution in [3.63, 3.8) is 0 Å². The number of ether oxygens (including phenoxy) is 2. The molecule has 2 N–H and O–H groups in total. The Kier molecular flexibility index (Phi) is 6.72. The van der Waals surface area contributed by atoms with Gasteiger partial charge in [-0.2, -0.15) is 0 Å². The van der Waals surface area contributed by atoms with Crippen LogP contribution in [0.2, 0.25) is 0 Å². The minimum Gasteiger partial charge on any atom is -0.450 e. The second-order valence-electron chi connectivity index (χ2n) is 7.43. The van der Waals surface area contributed by atoms with E-state index in [0.717, 1.165) is 6.07 Å². The van der Waals surface area contributed by atoms with E-state index in [1.807, 2.05) is 0 Å². The molecule has 0 aromatic heterocycles. The van der Waals surface area contributed by atoms with Gasteiger partial charge in [-0.05, 0) is 49.6 Å². The summed E-state index contributed by atoms with van der Waals surface area (Å²) in [6, 6.07) is 8.33. The van der Waals surface area contributed by atoms with E-state index in [-0.39, 0.29) is 25.0 Å². The highest BCUT2D eigenvalue weighted by Crippen LogP contribution is 2.40. The molecule has 0 spiro atoms. The molecule has 1 aliphatic rings. The summed E-state index contributed by atoms with van der Waals surface area (Å²) in [5.74, 6) is -2.03. The number of carbonyl (C=O) groups excluding carboxylic acids is 2. The number of nitrogens with two attached hydrogens (primary N) is 1. The van der Waals surface area contributed by atoms with Gasteiger partial charge < -0.3 is 20.1 Å². The van der Waals surface area contributed by atoms with Crippen molar-refractivity contribution in [2.75, 3.05) is 13.2 Å². The number of rotatable bonds is 6. The summed E-state index contributed by atoms with van der Waals surface area (Å²) in [6.07, 6.45) is -1.12. The molecule has 31 heavy (non-hydrogen) atoms. The first-order valence-corrected chi connectivity index (χ1v) is 9.85. The number of benzene rings is 2. The zero-order chi connectivity index (χ0) is 22.6. The molecule has 2 amide bonds. The zero-order valence-electron chi connectivity index (χ0n) is 16.9. The van der Waals surface area contributed by atoms with Gasteiger partial charge in [0, 0.05) is 24.6 Å². The lowest BCUT2D eigenvalue weighted by Gasteiger charge is -2.34. The molecule has 166 valence electrons. The average molecular weight is 436 g/mol. The van der Waals surface area contributed by atoms with Crippen LogP contribution in [0, 0.1) is 17.5 Å². The van der Waals surface area contributed by atoms with Gasteiger partial charge >= 0.3 is 12.2 Å². The monoisotopic (exact) mass is 436 g/mol. The predicted octanol–water partition coefficient (Wildman–Crippen LogP) is 4.78. The smallest absolute Gasteiger partial charge is 0.411 e. The third-order valence-corrected chi connectivity index (χ3v) is 5.49. The van der Waals surface area contributed by atoms with Gasteiger partial charge in [0.2, 0.25) is 0 Å². The minimum absolute atomic E-state index is 0.00777. The molecule has 2 aromatic carbocycles. The largest absolute Gasteiger partial charge is 0.450 e. The van der Waals surface area contributed by atoms with Gasteiger partial charge in [-0.1, -0.05) is 12.1 Å². The van der Waals surface area contributed by atoms with Gasteiger partial charge in [0.1, 0.15) is 23.1 Å². The van der Waals surface area contributed by atoms with E-state index in [2.05, 4.69) is 0 Å². The molecule has 1 aliphatic heterocycles. The number of cyclic esters (lactones) is 1. The van der Waals surface area contributed by atoms with E-state index in [0.29, 0.717) is 24.6 Å². The molecule has 2 aromatic rings. The molecule has 0 bridgehead atoms. The molecule has 1 heterocycles. The normalized spacial score (nSPS) is 20.0. The molecule has 1 saturated heterocycles. The van der Waals surface area contributed by atoms with Gasteiger partial charge in [-0.3, -0.25) is 0 Å². The SMILES string of the molecule is CC(c1ccc(F)cc1)N1CCCC(CCOC(N)=O)(c2ccc(F)cc2F)OC1=O. The third kappa shape index (κ3) is 5.10. The highest BCUT2D eigenvalue weighted by Gasteiger charge is 2.43. The van der Waals surface area contributed by atoms with Crippen LogP contribution in [-0.2, 0) is 15.1 Å². The van der Waals surface area contributed by atoms with Crippen LogP contribution in [0.3, 0.4) is 0 Å². The molecular weight excluding hydrogens is 413 g/mol. The Hall–Kier alpha value is -3.23. The standard InChI is InChI=1S/C22H23F3N2O4/c1-14(15-3-5-16(23)6-4-15)27-11-2-9-22(31-21(27)29,10-12-30-20(26)28)18-8-7-17(24)13-19(18)25/h3-8,13-14H,2,9-12H2,1H3,(H2,26,28). The molecule has 2 unspecified atom stereocenters. The fourth-order valence-electron chi connectivity index (χ4n) is 3.85. The highest BCUT2D eigenvalue weighted by molar-refractivity contribution is 5.69. The average Bonchev–Trinajstić information content (AvgIpc) is 2.87. The lowest BCUT2D eigenvalue weighted by molar-refractivity contribution is -0.0267. The number of hydrogen-bond acceptors (Lipinski definition) is 4. The van der Waals surface area contributed by atoms with Gasteiger partial charge in [0.05, 0.1) is 12.6 Å². The van der Waals surface area contributed by atoms with Crippen molar-refractivity contribution in [3.8, 4) is 0 Å². The Bertz CT molecular complexity index is 954. The lowest BCUT2D eigenvalue weighted by atomic mass is 9.85. The van der Waals surface area contributed by atoms with E-state index in [1.54, 1.807) is 19.1 Å². The Morgan fingerprint density at radius 2 is 1.87 bits per heavy atom. The highest BCUT2D eigenvalue weighted by atomic mass is 19.1. The van der Waals surface area contributed by atoms with Crippen molar-refractivity contribution in [3.05, 3.63) is 71.0 Å². The Labute approximate surface area is 177 Å². The summed E-state index contributed by atoms with van der Waals surface area (Å²) in [5, 5.41) is 0. The number of amides is 2. The van der Waals surface area contributed by atoms with Crippen molar-refractivity contribution in [2.24, 2.45) is 5.73 Å². The molecule has 3 rings (SSSR count). The third-order valence-electron chi connectivity index (χ3n) is 5.49. The maximum Gasteiger partial charge on any atom is 0.411 e. The predicted molar refractivity (Wildman–Crippen MR) is 105 cm³/mol. The van der Waals surface area contributed by atoms with Crippen LogP contribution in [0.5, 0.6) is 0 Å². The van der Waals surface area contributed by atoms with Crippen molar-refractivity contribution >= 4 is 12.2 Å². The number of hydrogen-bond donors (Lipinski definition) is 1. The van der Waals surface area contributed by atoms with E-state index in [9.17, 15) is 22.8 Å². The first kappa shape index (κ1) is 22.5. The molecule has 0 radical (unpaired) electrons. The summed E-state index contributed by atoms with van der Waals surface area (Å²) in [4.78, 5) is 25.5. The first-order valence-electron chi connectivity index (χ1n) is 9.85.